The monoisotopic (exact) mass is 302 g/mol. The summed E-state index contributed by atoms with van der Waals surface area (Å²) in [6.45, 7) is 1.90. The molecule has 0 aromatic heterocycles. The van der Waals surface area contributed by atoms with Crippen LogP contribution in [0.5, 0.6) is 0 Å². The Kier molecular flexibility index (Phi) is 3.05. The molecule has 19 heavy (non-hydrogen) atoms. The second-order valence-corrected chi connectivity index (χ2v) is 6.83. The van der Waals surface area contributed by atoms with Crippen molar-refractivity contribution in [2.45, 2.75) is 44.2 Å². The lowest BCUT2D eigenvalue weighted by atomic mass is 9.71. The fourth-order valence-electron chi connectivity index (χ4n) is 2.81. The summed E-state index contributed by atoms with van der Waals surface area (Å²) < 4.78 is 69.9. The quantitative estimate of drug-likeness (QED) is 0.642. The van der Waals surface area contributed by atoms with E-state index in [4.69, 9.17) is 1.43 Å². The van der Waals surface area contributed by atoms with E-state index in [-0.39, 0.29) is 29.6 Å². The molecule has 1 saturated carbocycles. The summed E-state index contributed by atoms with van der Waals surface area (Å²) in [6.07, 6.45) is 2.93. The van der Waals surface area contributed by atoms with Gasteiger partial charge in [0.25, 0.3) is 0 Å². The van der Waals surface area contributed by atoms with Gasteiger partial charge in [0.15, 0.2) is 0 Å². The Morgan fingerprint density at radius 3 is 2.79 bits per heavy atom. The molecule has 2 rings (SSSR count). The lowest BCUT2D eigenvalue weighted by Gasteiger charge is -2.36. The molecule has 0 heterocycles. The van der Waals surface area contributed by atoms with Crippen molar-refractivity contribution in [2.75, 3.05) is 0 Å². The van der Waals surface area contributed by atoms with Crippen LogP contribution in [0.25, 0.3) is 0 Å². The highest BCUT2D eigenvalue weighted by molar-refractivity contribution is 7.87. The first kappa shape index (κ1) is 13.2. The van der Waals surface area contributed by atoms with Crippen LogP contribution < -0.4 is 0 Å². The molecule has 8 heteroatoms. The lowest BCUT2D eigenvalue weighted by molar-refractivity contribution is -0.0528. The Labute approximate surface area is 110 Å². The highest BCUT2D eigenvalue weighted by Crippen LogP contribution is 2.51. The van der Waals surface area contributed by atoms with Gasteiger partial charge in [0.1, 0.15) is 5.76 Å². The fraction of sp³-hybridized carbons (Fsp3) is 0.818. The zero-order valence-electron chi connectivity index (χ0n) is 11.2. The molecule has 0 amide bonds. The van der Waals surface area contributed by atoms with Gasteiger partial charge in [0, 0.05) is 11.8 Å². The maximum atomic E-state index is 12.3. The van der Waals surface area contributed by atoms with Gasteiger partial charge in [-0.15, -0.1) is 0 Å². The summed E-state index contributed by atoms with van der Waals surface area (Å²) >= 11 is 0. The summed E-state index contributed by atoms with van der Waals surface area (Å²) in [6, 6.07) is 0. The molecular weight excluding hydrogens is 285 g/mol. The Morgan fingerprint density at radius 1 is 1.53 bits per heavy atom. The van der Waals surface area contributed by atoms with Crippen molar-refractivity contribution in [3.63, 3.8) is 0 Å². The predicted octanol–water partition coefficient (Wildman–Crippen LogP) is 2.31. The molecule has 110 valence electrons. The summed E-state index contributed by atoms with van der Waals surface area (Å²) in [7, 11) is -5.60. The van der Waals surface area contributed by atoms with E-state index < -0.39 is 15.6 Å². The van der Waals surface area contributed by atoms with Gasteiger partial charge in [-0.2, -0.15) is 21.6 Å². The molecule has 0 radical (unpaired) electrons. The molecule has 0 spiro atoms. The zero-order chi connectivity index (χ0) is 15.2. The van der Waals surface area contributed by atoms with Gasteiger partial charge in [-0.25, -0.2) is 0 Å². The Balaban J connectivity index is 2.17. The summed E-state index contributed by atoms with van der Waals surface area (Å²) in [4.78, 5) is 0. The number of hydrogen-bond acceptors (Lipinski definition) is 4. The molecule has 3 atom stereocenters. The summed E-state index contributed by atoms with van der Waals surface area (Å²) in [5.74, 6) is -0.305. The maximum absolute atomic E-state index is 12.3. The molecule has 0 saturated heterocycles. The first-order valence-electron chi connectivity index (χ1n) is 6.34. The van der Waals surface area contributed by atoms with E-state index in [0.29, 0.717) is 19.3 Å². The number of aliphatic hydroxyl groups is 1. The number of allylic oxidation sites excluding steroid dienone is 2. The van der Waals surface area contributed by atoms with Gasteiger partial charge >= 0.3 is 15.6 Å². The molecule has 0 aromatic carbocycles. The minimum Gasteiger partial charge on any atom is -0.393 e. The van der Waals surface area contributed by atoms with Gasteiger partial charge in [0.05, 0.1) is 6.10 Å². The summed E-state index contributed by atoms with van der Waals surface area (Å²) in [5.41, 5.74) is -5.77. The van der Waals surface area contributed by atoms with Gasteiger partial charge in [0.2, 0.25) is 1.43 Å². The highest BCUT2D eigenvalue weighted by Gasteiger charge is 2.51. The number of rotatable bonds is 3. The molecule has 0 aliphatic heterocycles. The van der Waals surface area contributed by atoms with E-state index in [9.17, 15) is 21.6 Å². The third-order valence-corrected chi connectivity index (χ3v) is 5.12. The van der Waals surface area contributed by atoms with Gasteiger partial charge in [-0.3, -0.25) is 0 Å². The van der Waals surface area contributed by atoms with E-state index in [1.54, 1.807) is 0 Å². The van der Waals surface area contributed by atoms with Crippen molar-refractivity contribution in [2.24, 2.45) is 11.3 Å². The minimum atomic E-state index is -5.60. The van der Waals surface area contributed by atoms with Crippen LogP contribution in [0, 0.1) is 11.3 Å². The van der Waals surface area contributed by atoms with Crippen molar-refractivity contribution in [1.82, 2.24) is 0 Å². The normalized spacial score (nSPS) is 36.4. The van der Waals surface area contributed by atoms with E-state index in [0.717, 1.165) is 0 Å². The highest BCUT2D eigenvalue weighted by atomic mass is 32.2. The van der Waals surface area contributed by atoms with Crippen LogP contribution >= 0.6 is 0 Å². The van der Waals surface area contributed by atoms with Crippen LogP contribution in [0.1, 0.15) is 32.6 Å². The van der Waals surface area contributed by atoms with Crippen molar-refractivity contribution in [3.8, 4) is 0 Å². The van der Waals surface area contributed by atoms with Gasteiger partial charge in [-0.05, 0) is 31.3 Å². The smallest absolute Gasteiger partial charge is 0.393 e. The maximum Gasteiger partial charge on any atom is 0.534 e. The standard InChI is InChI=1S/C11H15F3O4S/c1-10-5-4-8(6-7(10)2-3-9(10)15)18-19(16,17)11(12,13)14/h6-7,9,15H,2-5H2,1H3/t7?,9-,10-/m0/s1/i15T. The third kappa shape index (κ3) is 2.47. The predicted molar refractivity (Wildman–Crippen MR) is 60.2 cm³/mol. The topological polar surface area (TPSA) is 63.6 Å². The molecule has 4 nitrogen and oxygen atoms in total. The molecule has 2 aliphatic carbocycles. The first-order chi connectivity index (χ1) is 9.10. The molecule has 1 N–H and O–H groups in total. The van der Waals surface area contributed by atoms with Crippen molar-refractivity contribution >= 4 is 10.1 Å². The first-order valence-corrected chi connectivity index (χ1v) is 7.34. The number of hydrogen-bond donors (Lipinski definition) is 1. The van der Waals surface area contributed by atoms with Crippen LogP contribution in [0.3, 0.4) is 0 Å². The third-order valence-electron chi connectivity index (χ3n) is 4.12. The molecule has 1 unspecified atom stereocenters. The molecule has 0 bridgehead atoms. The van der Waals surface area contributed by atoms with E-state index in [1.165, 1.54) is 6.08 Å². The number of aliphatic hydroxyl groups excluding tert-OH is 1. The number of halogens is 3. The average molecular weight is 302 g/mol. The Morgan fingerprint density at radius 2 is 2.21 bits per heavy atom. The zero-order valence-corrected chi connectivity index (χ0v) is 11.1. The fourth-order valence-corrected chi connectivity index (χ4v) is 3.32. The second kappa shape index (κ2) is 4.37. The minimum absolute atomic E-state index is 0.0855. The van der Waals surface area contributed by atoms with E-state index >= 15 is 0 Å². The van der Waals surface area contributed by atoms with Crippen LogP contribution in [-0.4, -0.2) is 26.6 Å². The molecule has 2 aliphatic rings. The Hall–Kier alpha value is -0.760. The largest absolute Gasteiger partial charge is 0.534 e. The Bertz CT molecular complexity index is 516. The average Bonchev–Trinajstić information content (AvgIpc) is 2.64. The van der Waals surface area contributed by atoms with Gasteiger partial charge in [-0.1, -0.05) is 6.92 Å². The van der Waals surface area contributed by atoms with Gasteiger partial charge < -0.3 is 9.29 Å². The van der Waals surface area contributed by atoms with Crippen LogP contribution in [0.4, 0.5) is 13.2 Å². The van der Waals surface area contributed by atoms with Crippen molar-refractivity contribution in [1.29, 1.82) is 1.43 Å². The molecule has 1 fully saturated rings. The van der Waals surface area contributed by atoms with E-state index in [1.807, 2.05) is 6.92 Å². The molecule has 0 aromatic rings. The number of fused-ring (bicyclic) bond motifs is 1. The van der Waals surface area contributed by atoms with Crippen molar-refractivity contribution < 1.29 is 30.9 Å². The van der Waals surface area contributed by atoms with Crippen molar-refractivity contribution in [3.05, 3.63) is 11.8 Å². The van der Waals surface area contributed by atoms with Crippen LogP contribution in [0.2, 0.25) is 0 Å². The van der Waals surface area contributed by atoms with Crippen LogP contribution in [0.15, 0.2) is 11.8 Å². The lowest BCUT2D eigenvalue weighted by Crippen LogP contribution is -2.35. The second-order valence-electron chi connectivity index (χ2n) is 5.29. The van der Waals surface area contributed by atoms with Crippen LogP contribution in [-0.2, 0) is 14.3 Å². The summed E-state index contributed by atoms with van der Waals surface area (Å²) in [5, 5.41) is 4.66. The molecular formula is C11H15F3O4S. The van der Waals surface area contributed by atoms with E-state index in [2.05, 4.69) is 9.29 Å². The number of alkyl halides is 3. The SMILES string of the molecule is [3H]O[C@H]1CCC2C=C(OS(=O)(=O)C(F)(F)F)CC[C@@]21C.